The Hall–Kier alpha value is -0.990. The molecule has 2 N–H and O–H groups in total. The van der Waals surface area contributed by atoms with Crippen LogP contribution in [-0.4, -0.2) is 9.78 Å². The van der Waals surface area contributed by atoms with E-state index in [4.69, 9.17) is 5.73 Å². The van der Waals surface area contributed by atoms with Crippen molar-refractivity contribution < 1.29 is 0 Å². The van der Waals surface area contributed by atoms with Crippen molar-refractivity contribution >= 4 is 5.82 Å². The van der Waals surface area contributed by atoms with Gasteiger partial charge in [-0.1, -0.05) is 12.8 Å². The van der Waals surface area contributed by atoms with Gasteiger partial charge in [-0.2, -0.15) is 5.10 Å². The fourth-order valence-electron chi connectivity index (χ4n) is 2.03. The lowest BCUT2D eigenvalue weighted by atomic mass is 10.2. The van der Waals surface area contributed by atoms with Crippen molar-refractivity contribution in [1.82, 2.24) is 9.78 Å². The Morgan fingerprint density at radius 2 is 2.17 bits per heavy atom. The quantitative estimate of drug-likeness (QED) is 0.690. The molecule has 1 aliphatic carbocycles. The van der Waals surface area contributed by atoms with Gasteiger partial charge in [-0.25, -0.2) is 0 Å². The fourth-order valence-corrected chi connectivity index (χ4v) is 2.03. The molecule has 12 heavy (non-hydrogen) atoms. The molecule has 0 atom stereocenters. The first-order valence-electron chi connectivity index (χ1n) is 4.59. The number of nitrogens with zero attached hydrogens (tertiary/aromatic N) is 2. The van der Waals surface area contributed by atoms with Crippen LogP contribution >= 0.6 is 0 Å². The molecule has 0 saturated heterocycles. The van der Waals surface area contributed by atoms with Crippen LogP contribution in [0.1, 0.15) is 37.4 Å². The van der Waals surface area contributed by atoms with Crippen LogP contribution in [0.3, 0.4) is 0 Å². The molecule has 0 aromatic carbocycles. The number of hydrogen-bond donors (Lipinski definition) is 1. The Kier molecular flexibility index (Phi) is 1.79. The number of nitrogen functional groups attached to an aromatic ring is 1. The Morgan fingerprint density at radius 3 is 2.67 bits per heavy atom. The number of hydrogen-bond acceptors (Lipinski definition) is 2. The average Bonchev–Trinajstić information content (AvgIpc) is 2.58. The van der Waals surface area contributed by atoms with Crippen molar-refractivity contribution in [1.29, 1.82) is 0 Å². The number of anilines is 1. The van der Waals surface area contributed by atoms with E-state index in [-0.39, 0.29) is 0 Å². The molecule has 1 heterocycles. The molecule has 3 nitrogen and oxygen atoms in total. The lowest BCUT2D eigenvalue weighted by molar-refractivity contribution is 0.458. The molecule has 1 fully saturated rings. The van der Waals surface area contributed by atoms with Gasteiger partial charge >= 0.3 is 0 Å². The predicted molar refractivity (Wildman–Crippen MR) is 48.9 cm³/mol. The molecule has 0 unspecified atom stereocenters. The van der Waals surface area contributed by atoms with Gasteiger partial charge in [-0.15, -0.1) is 0 Å². The Bertz CT molecular complexity index is 271. The minimum Gasteiger partial charge on any atom is -0.382 e. The molecular weight excluding hydrogens is 150 g/mol. The van der Waals surface area contributed by atoms with E-state index in [9.17, 15) is 0 Å². The smallest absolute Gasteiger partial charge is 0.145 e. The van der Waals surface area contributed by atoms with Gasteiger partial charge in [-0.3, -0.25) is 4.68 Å². The van der Waals surface area contributed by atoms with Gasteiger partial charge in [0.25, 0.3) is 0 Å². The second-order valence-corrected chi connectivity index (χ2v) is 3.59. The monoisotopic (exact) mass is 165 g/mol. The van der Waals surface area contributed by atoms with Crippen molar-refractivity contribution in [2.24, 2.45) is 0 Å². The minimum absolute atomic E-state index is 0.613. The highest BCUT2D eigenvalue weighted by atomic mass is 15.3. The van der Waals surface area contributed by atoms with E-state index in [2.05, 4.69) is 16.7 Å². The molecule has 0 radical (unpaired) electrons. The van der Waals surface area contributed by atoms with E-state index in [0.29, 0.717) is 11.9 Å². The first kappa shape index (κ1) is 7.65. The van der Waals surface area contributed by atoms with Gasteiger partial charge in [-0.05, 0) is 19.8 Å². The van der Waals surface area contributed by atoms with Gasteiger partial charge in [0.1, 0.15) is 5.82 Å². The molecule has 2 rings (SSSR count). The third-order valence-corrected chi connectivity index (χ3v) is 2.61. The molecule has 1 saturated carbocycles. The van der Waals surface area contributed by atoms with Crippen LogP contribution in [0.25, 0.3) is 0 Å². The average molecular weight is 165 g/mol. The van der Waals surface area contributed by atoms with Crippen LogP contribution in [0, 0.1) is 6.92 Å². The summed E-state index contributed by atoms with van der Waals surface area (Å²) in [5, 5.41) is 4.29. The van der Waals surface area contributed by atoms with E-state index in [1.807, 2.05) is 6.07 Å². The van der Waals surface area contributed by atoms with Crippen LogP contribution in [0.15, 0.2) is 6.07 Å². The third kappa shape index (κ3) is 1.19. The fraction of sp³-hybridized carbons (Fsp3) is 0.667. The van der Waals surface area contributed by atoms with Gasteiger partial charge in [0.05, 0.1) is 6.04 Å². The van der Waals surface area contributed by atoms with Gasteiger partial charge in [0, 0.05) is 11.8 Å². The van der Waals surface area contributed by atoms with Crippen LogP contribution in [-0.2, 0) is 0 Å². The van der Waals surface area contributed by atoms with Gasteiger partial charge < -0.3 is 5.73 Å². The topological polar surface area (TPSA) is 43.8 Å². The van der Waals surface area contributed by atoms with E-state index in [1.54, 1.807) is 0 Å². The number of aromatic nitrogens is 2. The van der Waals surface area contributed by atoms with Crippen molar-refractivity contribution in [2.45, 2.75) is 38.6 Å². The highest BCUT2D eigenvalue weighted by Crippen LogP contribution is 2.30. The minimum atomic E-state index is 0.613. The van der Waals surface area contributed by atoms with E-state index < -0.39 is 0 Å². The number of nitrogens with two attached hydrogens (primary N) is 1. The SMILES string of the molecule is Cc1cc(N)nn1C1CCCC1. The number of rotatable bonds is 1. The Balaban J connectivity index is 2.25. The van der Waals surface area contributed by atoms with E-state index in [0.717, 1.165) is 0 Å². The summed E-state index contributed by atoms with van der Waals surface area (Å²) in [5.74, 6) is 0.652. The summed E-state index contributed by atoms with van der Waals surface area (Å²) in [6.45, 7) is 2.07. The predicted octanol–water partition coefficient (Wildman–Crippen LogP) is 1.89. The molecule has 0 amide bonds. The summed E-state index contributed by atoms with van der Waals surface area (Å²) in [6.07, 6.45) is 5.21. The standard InChI is InChI=1S/C9H15N3/c1-7-6-9(10)11-12(7)8-4-2-3-5-8/h6,8H,2-5H2,1H3,(H2,10,11). The van der Waals surface area contributed by atoms with Crippen molar-refractivity contribution in [3.05, 3.63) is 11.8 Å². The summed E-state index contributed by atoms with van der Waals surface area (Å²) in [6, 6.07) is 2.56. The highest BCUT2D eigenvalue weighted by Gasteiger charge is 2.18. The zero-order chi connectivity index (χ0) is 8.55. The molecule has 1 aromatic heterocycles. The maximum atomic E-state index is 5.62. The molecule has 1 aliphatic rings. The second-order valence-electron chi connectivity index (χ2n) is 3.59. The Labute approximate surface area is 72.6 Å². The Morgan fingerprint density at radius 1 is 1.50 bits per heavy atom. The van der Waals surface area contributed by atoms with Crippen molar-refractivity contribution in [3.8, 4) is 0 Å². The van der Waals surface area contributed by atoms with E-state index >= 15 is 0 Å². The summed E-state index contributed by atoms with van der Waals surface area (Å²) in [5.41, 5.74) is 6.81. The third-order valence-electron chi connectivity index (χ3n) is 2.61. The van der Waals surface area contributed by atoms with Crippen molar-refractivity contribution in [3.63, 3.8) is 0 Å². The van der Waals surface area contributed by atoms with Crippen LogP contribution in [0.4, 0.5) is 5.82 Å². The molecular formula is C9H15N3. The summed E-state index contributed by atoms with van der Waals surface area (Å²) in [7, 11) is 0. The maximum absolute atomic E-state index is 5.62. The zero-order valence-corrected chi connectivity index (χ0v) is 7.45. The maximum Gasteiger partial charge on any atom is 0.145 e. The molecule has 0 bridgehead atoms. The largest absolute Gasteiger partial charge is 0.382 e. The van der Waals surface area contributed by atoms with Crippen LogP contribution < -0.4 is 5.73 Å². The lowest BCUT2D eigenvalue weighted by Gasteiger charge is -2.11. The van der Waals surface area contributed by atoms with Gasteiger partial charge in [0.2, 0.25) is 0 Å². The normalized spacial score (nSPS) is 18.8. The summed E-state index contributed by atoms with van der Waals surface area (Å²) >= 11 is 0. The highest BCUT2D eigenvalue weighted by molar-refractivity contribution is 5.29. The summed E-state index contributed by atoms with van der Waals surface area (Å²) < 4.78 is 2.09. The molecule has 0 spiro atoms. The lowest BCUT2D eigenvalue weighted by Crippen LogP contribution is -2.08. The van der Waals surface area contributed by atoms with Crippen LogP contribution in [0.2, 0.25) is 0 Å². The summed E-state index contributed by atoms with van der Waals surface area (Å²) in [4.78, 5) is 0. The molecule has 66 valence electrons. The molecule has 1 aromatic rings. The molecule has 0 aliphatic heterocycles. The van der Waals surface area contributed by atoms with Gasteiger partial charge in [0.15, 0.2) is 0 Å². The van der Waals surface area contributed by atoms with Crippen LogP contribution in [0.5, 0.6) is 0 Å². The second kappa shape index (κ2) is 2.81. The molecule has 3 heteroatoms. The first-order chi connectivity index (χ1) is 5.77. The zero-order valence-electron chi connectivity index (χ0n) is 7.45. The number of aryl methyl sites for hydroxylation is 1. The van der Waals surface area contributed by atoms with Crippen molar-refractivity contribution in [2.75, 3.05) is 5.73 Å². The van der Waals surface area contributed by atoms with E-state index in [1.165, 1.54) is 31.4 Å². The first-order valence-corrected chi connectivity index (χ1v) is 4.59.